The highest BCUT2D eigenvalue weighted by Gasteiger charge is 2.09. The molecular weight excluding hydrogens is 306 g/mol. The first-order chi connectivity index (χ1) is 11.5. The summed E-state index contributed by atoms with van der Waals surface area (Å²) in [7, 11) is 0. The van der Waals surface area contributed by atoms with Crippen LogP contribution in [0, 0.1) is 6.92 Å². The molecule has 2 aromatic carbocycles. The normalized spacial score (nSPS) is 10.4. The number of nitrogens with zero attached hydrogens (tertiary/aromatic N) is 3. The highest BCUT2D eigenvalue weighted by Crippen LogP contribution is 2.24. The van der Waals surface area contributed by atoms with Gasteiger partial charge in [-0.1, -0.05) is 29.8 Å². The zero-order valence-corrected chi connectivity index (χ0v) is 12.9. The summed E-state index contributed by atoms with van der Waals surface area (Å²) < 4.78 is 0. The SMILES string of the molecule is Cc1ccc(-c2nc(Nc3ccc(C(=O)O)cc3)nnc2N)cc1. The van der Waals surface area contributed by atoms with Gasteiger partial charge in [0, 0.05) is 11.3 Å². The smallest absolute Gasteiger partial charge is 0.335 e. The van der Waals surface area contributed by atoms with Gasteiger partial charge in [0.2, 0.25) is 5.95 Å². The standard InChI is InChI=1S/C17H15N5O2/c1-10-2-4-11(5-3-10)14-15(18)21-22-17(20-14)19-13-8-6-12(7-9-13)16(23)24/h2-9H,1H3,(H2,18,21)(H,23,24)(H,19,20,22). The maximum absolute atomic E-state index is 10.9. The van der Waals surface area contributed by atoms with Gasteiger partial charge in [-0.15, -0.1) is 10.2 Å². The van der Waals surface area contributed by atoms with Crippen molar-refractivity contribution < 1.29 is 9.90 Å². The fourth-order valence-electron chi connectivity index (χ4n) is 2.14. The van der Waals surface area contributed by atoms with Crippen LogP contribution < -0.4 is 11.1 Å². The number of hydrogen-bond acceptors (Lipinski definition) is 6. The van der Waals surface area contributed by atoms with Crippen molar-refractivity contribution in [1.29, 1.82) is 0 Å². The van der Waals surface area contributed by atoms with Crippen LogP contribution in [0.3, 0.4) is 0 Å². The van der Waals surface area contributed by atoms with Gasteiger partial charge in [0.05, 0.1) is 5.56 Å². The summed E-state index contributed by atoms with van der Waals surface area (Å²) in [5.74, 6) is -0.456. The molecule has 0 aliphatic rings. The monoisotopic (exact) mass is 321 g/mol. The lowest BCUT2D eigenvalue weighted by molar-refractivity contribution is 0.0697. The minimum Gasteiger partial charge on any atom is -0.478 e. The Bertz CT molecular complexity index is 876. The first-order valence-corrected chi connectivity index (χ1v) is 7.20. The summed E-state index contributed by atoms with van der Waals surface area (Å²) in [6.07, 6.45) is 0. The lowest BCUT2D eigenvalue weighted by Gasteiger charge is -2.08. The van der Waals surface area contributed by atoms with Gasteiger partial charge in [0.1, 0.15) is 5.69 Å². The molecule has 0 aliphatic carbocycles. The van der Waals surface area contributed by atoms with E-state index >= 15 is 0 Å². The number of hydrogen-bond donors (Lipinski definition) is 3. The quantitative estimate of drug-likeness (QED) is 0.677. The molecule has 4 N–H and O–H groups in total. The first kappa shape index (κ1) is 15.4. The van der Waals surface area contributed by atoms with Gasteiger partial charge in [-0.2, -0.15) is 0 Å². The molecule has 0 saturated heterocycles. The first-order valence-electron chi connectivity index (χ1n) is 7.20. The van der Waals surface area contributed by atoms with E-state index in [-0.39, 0.29) is 17.3 Å². The Balaban J connectivity index is 1.88. The van der Waals surface area contributed by atoms with Crippen LogP contribution >= 0.6 is 0 Å². The lowest BCUT2D eigenvalue weighted by atomic mass is 10.1. The third-order valence-corrected chi connectivity index (χ3v) is 3.43. The molecule has 7 nitrogen and oxygen atoms in total. The second-order valence-corrected chi connectivity index (χ2v) is 5.24. The molecule has 0 radical (unpaired) electrons. The number of nitrogen functional groups attached to an aromatic ring is 1. The van der Waals surface area contributed by atoms with Gasteiger partial charge in [-0.25, -0.2) is 9.78 Å². The molecule has 7 heteroatoms. The van der Waals surface area contributed by atoms with Crippen LogP contribution in [0.15, 0.2) is 48.5 Å². The van der Waals surface area contributed by atoms with Crippen molar-refractivity contribution in [3.63, 3.8) is 0 Å². The van der Waals surface area contributed by atoms with Crippen LogP contribution in [0.1, 0.15) is 15.9 Å². The lowest BCUT2D eigenvalue weighted by Crippen LogP contribution is -2.05. The Morgan fingerprint density at radius 2 is 1.71 bits per heavy atom. The fraction of sp³-hybridized carbons (Fsp3) is 0.0588. The molecular formula is C17H15N5O2. The van der Waals surface area contributed by atoms with Gasteiger partial charge < -0.3 is 16.2 Å². The van der Waals surface area contributed by atoms with Crippen molar-refractivity contribution in [3.05, 3.63) is 59.7 Å². The molecule has 0 amide bonds. The van der Waals surface area contributed by atoms with Crippen LogP contribution in [0.25, 0.3) is 11.3 Å². The Morgan fingerprint density at radius 1 is 1.04 bits per heavy atom. The highest BCUT2D eigenvalue weighted by molar-refractivity contribution is 5.88. The summed E-state index contributed by atoms with van der Waals surface area (Å²) in [4.78, 5) is 15.3. The third kappa shape index (κ3) is 3.30. The Hall–Kier alpha value is -3.48. The van der Waals surface area contributed by atoms with Gasteiger partial charge in [0.15, 0.2) is 5.82 Å². The predicted octanol–water partition coefficient (Wildman–Crippen LogP) is 2.87. The molecule has 0 bridgehead atoms. The minimum atomic E-state index is -0.978. The zero-order valence-electron chi connectivity index (χ0n) is 12.9. The van der Waals surface area contributed by atoms with Crippen LogP contribution in [0.5, 0.6) is 0 Å². The van der Waals surface area contributed by atoms with E-state index in [2.05, 4.69) is 20.5 Å². The van der Waals surface area contributed by atoms with Crippen LogP contribution in [0.2, 0.25) is 0 Å². The topological polar surface area (TPSA) is 114 Å². The van der Waals surface area contributed by atoms with Crippen LogP contribution in [-0.2, 0) is 0 Å². The summed E-state index contributed by atoms with van der Waals surface area (Å²) >= 11 is 0. The van der Waals surface area contributed by atoms with Crippen LogP contribution in [-0.4, -0.2) is 26.3 Å². The number of benzene rings is 2. The Labute approximate surface area is 138 Å². The number of rotatable bonds is 4. The molecule has 1 heterocycles. The molecule has 0 saturated carbocycles. The van der Waals surface area contributed by atoms with Gasteiger partial charge in [-0.05, 0) is 31.2 Å². The number of anilines is 3. The van der Waals surface area contributed by atoms with Crippen molar-refractivity contribution in [2.75, 3.05) is 11.1 Å². The molecule has 3 rings (SSSR count). The number of aromatic nitrogens is 3. The molecule has 0 aliphatic heterocycles. The number of aromatic carboxylic acids is 1. The number of carboxylic acids is 1. The zero-order chi connectivity index (χ0) is 17.1. The van der Waals surface area contributed by atoms with E-state index in [4.69, 9.17) is 10.8 Å². The van der Waals surface area contributed by atoms with Crippen molar-refractivity contribution in [1.82, 2.24) is 15.2 Å². The molecule has 0 fully saturated rings. The van der Waals surface area contributed by atoms with E-state index in [0.29, 0.717) is 11.4 Å². The van der Waals surface area contributed by atoms with E-state index < -0.39 is 5.97 Å². The third-order valence-electron chi connectivity index (χ3n) is 3.43. The van der Waals surface area contributed by atoms with E-state index in [1.807, 2.05) is 31.2 Å². The Kier molecular flexibility index (Phi) is 4.07. The Morgan fingerprint density at radius 3 is 2.33 bits per heavy atom. The number of nitrogens with one attached hydrogen (secondary N) is 1. The molecule has 0 unspecified atom stereocenters. The fourth-order valence-corrected chi connectivity index (χ4v) is 2.14. The molecule has 1 aromatic heterocycles. The van der Waals surface area contributed by atoms with Gasteiger partial charge in [0.25, 0.3) is 0 Å². The van der Waals surface area contributed by atoms with Crippen molar-refractivity contribution >= 4 is 23.4 Å². The van der Waals surface area contributed by atoms with Gasteiger partial charge >= 0.3 is 5.97 Å². The largest absolute Gasteiger partial charge is 0.478 e. The molecule has 3 aromatic rings. The summed E-state index contributed by atoms with van der Waals surface area (Å²) in [5.41, 5.74) is 9.25. The number of aryl methyl sites for hydroxylation is 1. The van der Waals surface area contributed by atoms with E-state index in [9.17, 15) is 4.79 Å². The number of carboxylic acid groups (broad SMARTS) is 1. The van der Waals surface area contributed by atoms with Crippen molar-refractivity contribution in [2.45, 2.75) is 6.92 Å². The maximum atomic E-state index is 10.9. The minimum absolute atomic E-state index is 0.206. The summed E-state index contributed by atoms with van der Waals surface area (Å²) in [6, 6.07) is 14.0. The predicted molar refractivity (Wildman–Crippen MR) is 91.1 cm³/mol. The van der Waals surface area contributed by atoms with E-state index in [1.165, 1.54) is 12.1 Å². The number of carbonyl (C=O) groups is 1. The second kappa shape index (κ2) is 6.33. The molecule has 24 heavy (non-hydrogen) atoms. The molecule has 0 spiro atoms. The average molecular weight is 321 g/mol. The highest BCUT2D eigenvalue weighted by atomic mass is 16.4. The maximum Gasteiger partial charge on any atom is 0.335 e. The summed E-state index contributed by atoms with van der Waals surface area (Å²) in [6.45, 7) is 2.00. The van der Waals surface area contributed by atoms with Gasteiger partial charge in [-0.3, -0.25) is 0 Å². The summed E-state index contributed by atoms with van der Waals surface area (Å²) in [5, 5.41) is 19.7. The van der Waals surface area contributed by atoms with Crippen LogP contribution in [0.4, 0.5) is 17.5 Å². The van der Waals surface area contributed by atoms with Crippen molar-refractivity contribution in [2.24, 2.45) is 0 Å². The molecule has 0 atom stereocenters. The van der Waals surface area contributed by atoms with E-state index in [0.717, 1.165) is 11.1 Å². The number of nitrogens with two attached hydrogens (primary N) is 1. The van der Waals surface area contributed by atoms with E-state index in [1.54, 1.807) is 12.1 Å². The van der Waals surface area contributed by atoms with Crippen molar-refractivity contribution in [3.8, 4) is 11.3 Å². The second-order valence-electron chi connectivity index (χ2n) is 5.24. The average Bonchev–Trinajstić information content (AvgIpc) is 2.58. The molecule has 120 valence electrons.